The van der Waals surface area contributed by atoms with Crippen molar-refractivity contribution in [1.82, 2.24) is 16.0 Å². The molecule has 0 aliphatic rings. The third-order valence-corrected chi connectivity index (χ3v) is 8.20. The number of ether oxygens (including phenoxy) is 13. The van der Waals surface area contributed by atoms with Crippen molar-refractivity contribution in [3.63, 3.8) is 0 Å². The fraction of sp³-hybridized carbons (Fsp3) is 0.902. The molecule has 62 heavy (non-hydrogen) atoms. The van der Waals surface area contributed by atoms with E-state index in [0.29, 0.717) is 171 Å². The van der Waals surface area contributed by atoms with E-state index in [1.54, 1.807) is 27.9 Å². The minimum Gasteiger partial charge on any atom is -0.458 e. The van der Waals surface area contributed by atoms with Gasteiger partial charge in [0.1, 0.15) is 11.6 Å². The number of unbranched alkanes of at least 4 members (excludes halogenated alkanes) is 1. The summed E-state index contributed by atoms with van der Waals surface area (Å²) in [4.78, 5) is 48.5. The van der Waals surface area contributed by atoms with E-state index in [-0.39, 0.29) is 49.0 Å². The molecular formula is C41H78BrN3O17. The van der Waals surface area contributed by atoms with Crippen molar-refractivity contribution >= 4 is 39.6 Å². The first-order chi connectivity index (χ1) is 30.1. The van der Waals surface area contributed by atoms with Crippen LogP contribution in [0.3, 0.4) is 0 Å². The second kappa shape index (κ2) is 45.4. The van der Waals surface area contributed by atoms with Gasteiger partial charge in [-0.3, -0.25) is 14.4 Å². The summed E-state index contributed by atoms with van der Waals surface area (Å²) < 4.78 is 70.5. The fourth-order valence-corrected chi connectivity index (χ4v) is 4.85. The van der Waals surface area contributed by atoms with Crippen molar-refractivity contribution in [3.8, 4) is 0 Å². The molecule has 0 bridgehead atoms. The van der Waals surface area contributed by atoms with Crippen LogP contribution < -0.4 is 16.0 Å². The zero-order valence-electron chi connectivity index (χ0n) is 37.8. The van der Waals surface area contributed by atoms with Crippen LogP contribution in [0.15, 0.2) is 0 Å². The van der Waals surface area contributed by atoms with E-state index in [2.05, 4.69) is 31.9 Å². The lowest BCUT2D eigenvalue weighted by Crippen LogP contribution is -2.44. The number of nitrogens with one attached hydrogen (secondary N) is 3. The number of alkyl halides is 1. The third-order valence-electron chi connectivity index (χ3n) is 7.69. The number of methoxy groups -OCH3 is 1. The Bertz CT molecular complexity index is 1060. The van der Waals surface area contributed by atoms with Crippen molar-refractivity contribution in [1.29, 1.82) is 0 Å². The summed E-state index contributed by atoms with van der Waals surface area (Å²) in [7, 11) is 1.64. The van der Waals surface area contributed by atoms with E-state index in [0.717, 1.165) is 0 Å². The van der Waals surface area contributed by atoms with Crippen LogP contribution in [0.25, 0.3) is 0 Å². The van der Waals surface area contributed by atoms with E-state index in [9.17, 15) is 19.2 Å². The molecule has 0 aromatic heterocycles. The molecular weight excluding hydrogens is 886 g/mol. The molecule has 1 atom stereocenters. The van der Waals surface area contributed by atoms with Gasteiger partial charge in [0.25, 0.3) is 0 Å². The lowest BCUT2D eigenvalue weighted by Gasteiger charge is -2.24. The highest BCUT2D eigenvalue weighted by atomic mass is 79.9. The van der Waals surface area contributed by atoms with Gasteiger partial charge >= 0.3 is 5.97 Å². The molecule has 0 heterocycles. The first-order valence-corrected chi connectivity index (χ1v) is 22.7. The zero-order chi connectivity index (χ0) is 45.6. The van der Waals surface area contributed by atoms with Crippen molar-refractivity contribution < 1.29 is 80.8 Å². The van der Waals surface area contributed by atoms with Crippen LogP contribution in [-0.2, 0) is 80.8 Å². The van der Waals surface area contributed by atoms with Crippen molar-refractivity contribution in [2.24, 2.45) is 0 Å². The SMILES string of the molecule is COCCOCCOCCOCCOCCOCCOCCOCCOCCOCCOCCOCCC(=O)N[C@@H](CCCCNC(=O)CCNC(=O)CBr)C(=O)OC(C)(C)C. The first-order valence-electron chi connectivity index (χ1n) is 21.5. The minimum absolute atomic E-state index is 0.0695. The summed E-state index contributed by atoms with van der Waals surface area (Å²) in [5.41, 5.74) is -0.709. The fourth-order valence-electron chi connectivity index (χ4n) is 4.65. The van der Waals surface area contributed by atoms with Gasteiger partial charge in [0.2, 0.25) is 17.7 Å². The maximum atomic E-state index is 12.8. The number of hydrogen-bond acceptors (Lipinski definition) is 17. The largest absolute Gasteiger partial charge is 0.458 e. The summed E-state index contributed by atoms with van der Waals surface area (Å²) in [6, 6.07) is -0.821. The van der Waals surface area contributed by atoms with Crippen molar-refractivity contribution in [3.05, 3.63) is 0 Å². The molecule has 3 amide bonds. The van der Waals surface area contributed by atoms with Crippen LogP contribution in [0.5, 0.6) is 0 Å². The monoisotopic (exact) mass is 963 g/mol. The minimum atomic E-state index is -0.821. The normalized spacial score (nSPS) is 12.0. The topological polar surface area (TPSA) is 224 Å². The molecule has 0 saturated heterocycles. The first kappa shape index (κ1) is 59.9. The number of amides is 3. The van der Waals surface area contributed by atoms with Crippen molar-refractivity contribution in [2.75, 3.05) is 177 Å². The molecule has 0 rings (SSSR count). The van der Waals surface area contributed by atoms with E-state index in [1.807, 2.05) is 0 Å². The van der Waals surface area contributed by atoms with Gasteiger partial charge in [0.15, 0.2) is 0 Å². The lowest BCUT2D eigenvalue weighted by molar-refractivity contribution is -0.159. The van der Waals surface area contributed by atoms with Crippen LogP contribution in [0.2, 0.25) is 0 Å². The molecule has 366 valence electrons. The number of carbonyl (C=O) groups excluding carboxylic acids is 4. The highest BCUT2D eigenvalue weighted by Gasteiger charge is 2.26. The Morgan fingerprint density at radius 2 is 0.806 bits per heavy atom. The molecule has 0 fully saturated rings. The van der Waals surface area contributed by atoms with Crippen LogP contribution in [0.4, 0.5) is 0 Å². The number of hydrogen-bond donors (Lipinski definition) is 3. The maximum absolute atomic E-state index is 12.8. The molecule has 0 aliphatic carbocycles. The predicted octanol–water partition coefficient (Wildman–Crippen LogP) is 1.22. The van der Waals surface area contributed by atoms with Crippen LogP contribution in [0.1, 0.15) is 52.9 Å². The van der Waals surface area contributed by atoms with Gasteiger partial charge in [0.05, 0.1) is 157 Å². The molecule has 0 unspecified atom stereocenters. The molecule has 0 saturated carbocycles. The Morgan fingerprint density at radius 1 is 0.452 bits per heavy atom. The van der Waals surface area contributed by atoms with E-state index < -0.39 is 17.6 Å². The summed E-state index contributed by atoms with van der Waals surface area (Å²) in [6.07, 6.45) is 1.77. The molecule has 0 radical (unpaired) electrons. The number of carbonyl (C=O) groups is 4. The summed E-state index contributed by atoms with van der Waals surface area (Å²) in [6.45, 7) is 16.5. The van der Waals surface area contributed by atoms with Crippen LogP contribution in [-0.4, -0.2) is 213 Å². The van der Waals surface area contributed by atoms with Gasteiger partial charge in [-0.1, -0.05) is 15.9 Å². The summed E-state index contributed by atoms with van der Waals surface area (Å²) in [5, 5.41) is 8.33. The molecule has 20 nitrogen and oxygen atoms in total. The van der Waals surface area contributed by atoms with Gasteiger partial charge in [0, 0.05) is 33.0 Å². The second-order valence-corrected chi connectivity index (χ2v) is 14.8. The smallest absolute Gasteiger partial charge is 0.329 e. The Morgan fingerprint density at radius 3 is 1.16 bits per heavy atom. The Hall–Kier alpha value is -2.12. The molecule has 0 aliphatic heterocycles. The highest BCUT2D eigenvalue weighted by Crippen LogP contribution is 2.12. The van der Waals surface area contributed by atoms with Gasteiger partial charge in [-0.2, -0.15) is 0 Å². The molecule has 0 spiro atoms. The number of halogens is 1. The summed E-state index contributed by atoms with van der Waals surface area (Å²) in [5.74, 6) is -1.21. The molecule has 0 aromatic carbocycles. The Kier molecular flexibility index (Phi) is 43.9. The van der Waals surface area contributed by atoms with Crippen LogP contribution >= 0.6 is 15.9 Å². The molecule has 0 aromatic rings. The average Bonchev–Trinajstić information content (AvgIpc) is 3.23. The van der Waals surface area contributed by atoms with Crippen LogP contribution in [0, 0.1) is 0 Å². The summed E-state index contributed by atoms with van der Waals surface area (Å²) >= 11 is 3.05. The van der Waals surface area contributed by atoms with Gasteiger partial charge in [-0.15, -0.1) is 0 Å². The van der Waals surface area contributed by atoms with Gasteiger partial charge < -0.3 is 77.5 Å². The van der Waals surface area contributed by atoms with E-state index in [1.165, 1.54) is 0 Å². The van der Waals surface area contributed by atoms with E-state index in [4.69, 9.17) is 61.6 Å². The zero-order valence-corrected chi connectivity index (χ0v) is 39.4. The third kappa shape index (κ3) is 45.9. The quantitative estimate of drug-likeness (QED) is 0.0443. The maximum Gasteiger partial charge on any atom is 0.329 e. The number of rotatable bonds is 47. The highest BCUT2D eigenvalue weighted by molar-refractivity contribution is 9.09. The number of esters is 1. The predicted molar refractivity (Wildman–Crippen MR) is 232 cm³/mol. The van der Waals surface area contributed by atoms with E-state index >= 15 is 0 Å². The van der Waals surface area contributed by atoms with Crippen molar-refractivity contribution in [2.45, 2.75) is 64.5 Å². The van der Waals surface area contributed by atoms with Gasteiger partial charge in [-0.25, -0.2) is 4.79 Å². The standard InChI is InChI=1S/C41H78BrN3O17/c1-41(2,3)62-40(49)36(7-5-6-10-43-37(46)8-11-44-39(48)35-42)45-38(47)9-12-51-15-16-53-19-20-55-23-24-57-27-28-59-31-32-61-34-33-60-30-29-58-26-25-56-22-21-54-18-17-52-14-13-50-4/h36H,5-35H2,1-4H3,(H,43,46)(H,44,48)(H,45,47)/t36-/m0/s1. The second-order valence-electron chi connectivity index (χ2n) is 14.2. The molecule has 21 heteroatoms. The Balaban J connectivity index is 3.59. The van der Waals surface area contributed by atoms with Gasteiger partial charge in [-0.05, 0) is 40.0 Å². The Labute approximate surface area is 377 Å². The average molecular weight is 965 g/mol. The lowest BCUT2D eigenvalue weighted by atomic mass is 10.1. The molecule has 3 N–H and O–H groups in total.